The average molecular weight is 318 g/mol. The van der Waals surface area contributed by atoms with Gasteiger partial charge < -0.3 is 5.32 Å². The maximum atomic E-state index is 13.1. The molecule has 106 valence electrons. The summed E-state index contributed by atoms with van der Waals surface area (Å²) in [7, 11) is 0. The standard InChI is InChI=1S/C15H11FN2OS2/c16-10-6-7-12-13(8-10)21-15(17-12)18-14(19)9-20-11-4-2-1-3-5-11/h1-8H,9H2,(H,17,18,19). The SMILES string of the molecule is O=C(CSc1ccccc1)Nc1nc2ccc(F)cc2s1. The van der Waals surface area contributed by atoms with Crippen LogP contribution < -0.4 is 5.32 Å². The van der Waals surface area contributed by atoms with E-state index in [4.69, 9.17) is 0 Å². The molecule has 0 saturated heterocycles. The topological polar surface area (TPSA) is 42.0 Å². The Balaban J connectivity index is 1.63. The molecule has 21 heavy (non-hydrogen) atoms. The van der Waals surface area contributed by atoms with Crippen LogP contribution in [0.15, 0.2) is 53.4 Å². The maximum Gasteiger partial charge on any atom is 0.236 e. The van der Waals surface area contributed by atoms with Gasteiger partial charge in [-0.3, -0.25) is 4.79 Å². The Hall–Kier alpha value is -1.92. The molecule has 3 aromatic rings. The third-order valence-corrected chi connectivity index (χ3v) is 4.66. The van der Waals surface area contributed by atoms with Crippen molar-refractivity contribution < 1.29 is 9.18 Å². The van der Waals surface area contributed by atoms with Crippen molar-refractivity contribution in [2.24, 2.45) is 0 Å². The van der Waals surface area contributed by atoms with Crippen molar-refractivity contribution in [1.82, 2.24) is 4.98 Å². The molecule has 3 rings (SSSR count). The first kappa shape index (κ1) is 14.0. The fourth-order valence-corrected chi connectivity index (χ4v) is 3.40. The zero-order chi connectivity index (χ0) is 14.7. The van der Waals surface area contributed by atoms with Gasteiger partial charge in [0.25, 0.3) is 0 Å². The largest absolute Gasteiger partial charge is 0.301 e. The van der Waals surface area contributed by atoms with Crippen molar-refractivity contribution in [3.8, 4) is 0 Å². The van der Waals surface area contributed by atoms with Crippen LogP contribution >= 0.6 is 23.1 Å². The number of halogens is 1. The molecule has 2 aromatic carbocycles. The summed E-state index contributed by atoms with van der Waals surface area (Å²) in [6.45, 7) is 0. The third-order valence-electron chi connectivity index (χ3n) is 2.71. The smallest absolute Gasteiger partial charge is 0.236 e. The predicted octanol–water partition coefficient (Wildman–Crippen LogP) is 4.17. The fraction of sp³-hybridized carbons (Fsp3) is 0.0667. The van der Waals surface area contributed by atoms with Crippen LogP contribution in [0, 0.1) is 5.82 Å². The Kier molecular flexibility index (Phi) is 4.17. The molecule has 6 heteroatoms. The normalized spacial score (nSPS) is 10.7. The lowest BCUT2D eigenvalue weighted by Gasteiger charge is -2.01. The molecule has 0 fully saturated rings. The number of thioether (sulfide) groups is 1. The van der Waals surface area contributed by atoms with Crippen LogP contribution in [0.25, 0.3) is 10.2 Å². The first-order valence-corrected chi connectivity index (χ1v) is 8.05. The zero-order valence-corrected chi connectivity index (χ0v) is 12.5. The number of rotatable bonds is 4. The molecule has 1 N–H and O–H groups in total. The number of benzene rings is 2. The molecule has 0 atom stereocenters. The molecule has 0 saturated carbocycles. The van der Waals surface area contributed by atoms with Gasteiger partial charge in [0.05, 0.1) is 16.0 Å². The number of carbonyl (C=O) groups excluding carboxylic acids is 1. The summed E-state index contributed by atoms with van der Waals surface area (Å²) in [5.74, 6) is -0.110. The summed E-state index contributed by atoms with van der Waals surface area (Å²) in [5, 5.41) is 3.24. The van der Waals surface area contributed by atoms with Gasteiger partial charge in [-0.2, -0.15) is 0 Å². The second kappa shape index (κ2) is 6.24. The molecule has 0 spiro atoms. The van der Waals surface area contributed by atoms with Crippen LogP contribution in [0.3, 0.4) is 0 Å². The quantitative estimate of drug-likeness (QED) is 0.734. The number of nitrogens with one attached hydrogen (secondary N) is 1. The molecule has 1 aromatic heterocycles. The fourth-order valence-electron chi connectivity index (χ4n) is 1.77. The molecular formula is C15H11FN2OS2. The summed E-state index contributed by atoms with van der Waals surface area (Å²) in [6, 6.07) is 14.1. The molecule has 3 nitrogen and oxygen atoms in total. The van der Waals surface area contributed by atoms with Gasteiger partial charge in [-0.15, -0.1) is 11.8 Å². The second-order valence-corrected chi connectivity index (χ2v) is 6.36. The number of hydrogen-bond acceptors (Lipinski definition) is 4. The van der Waals surface area contributed by atoms with Gasteiger partial charge in [0.2, 0.25) is 5.91 Å². The number of carbonyl (C=O) groups is 1. The highest BCUT2D eigenvalue weighted by Gasteiger charge is 2.09. The third kappa shape index (κ3) is 3.59. The lowest BCUT2D eigenvalue weighted by molar-refractivity contribution is -0.113. The van der Waals surface area contributed by atoms with Gasteiger partial charge in [0, 0.05) is 4.90 Å². The first-order chi connectivity index (χ1) is 10.2. The van der Waals surface area contributed by atoms with E-state index in [1.54, 1.807) is 6.07 Å². The number of amides is 1. The lowest BCUT2D eigenvalue weighted by atomic mass is 10.3. The summed E-state index contributed by atoms with van der Waals surface area (Å²) in [5.41, 5.74) is 0.687. The number of thiazole rings is 1. The zero-order valence-electron chi connectivity index (χ0n) is 10.9. The maximum absolute atomic E-state index is 13.1. The van der Waals surface area contributed by atoms with E-state index >= 15 is 0 Å². The minimum absolute atomic E-state index is 0.122. The van der Waals surface area contributed by atoms with Crippen molar-refractivity contribution in [2.75, 3.05) is 11.1 Å². The molecule has 0 radical (unpaired) electrons. The van der Waals surface area contributed by atoms with E-state index in [9.17, 15) is 9.18 Å². The van der Waals surface area contributed by atoms with Crippen molar-refractivity contribution in [1.29, 1.82) is 0 Å². The van der Waals surface area contributed by atoms with Crippen LogP contribution in [0.1, 0.15) is 0 Å². The molecule has 0 unspecified atom stereocenters. The van der Waals surface area contributed by atoms with Gasteiger partial charge >= 0.3 is 0 Å². The minimum Gasteiger partial charge on any atom is -0.301 e. The Morgan fingerprint density at radius 1 is 1.24 bits per heavy atom. The summed E-state index contributed by atoms with van der Waals surface area (Å²) in [4.78, 5) is 17.2. The summed E-state index contributed by atoms with van der Waals surface area (Å²) in [6.07, 6.45) is 0. The van der Waals surface area contributed by atoms with Crippen molar-refractivity contribution in [3.63, 3.8) is 0 Å². The van der Waals surface area contributed by atoms with E-state index in [1.165, 1.54) is 35.2 Å². The Bertz CT molecular complexity index is 774. The predicted molar refractivity (Wildman–Crippen MR) is 85.4 cm³/mol. The number of nitrogens with zero attached hydrogens (tertiary/aromatic N) is 1. The van der Waals surface area contributed by atoms with E-state index in [0.717, 1.165) is 9.60 Å². The second-order valence-electron chi connectivity index (χ2n) is 4.28. The highest BCUT2D eigenvalue weighted by atomic mass is 32.2. The monoisotopic (exact) mass is 318 g/mol. The highest BCUT2D eigenvalue weighted by molar-refractivity contribution is 8.00. The highest BCUT2D eigenvalue weighted by Crippen LogP contribution is 2.26. The lowest BCUT2D eigenvalue weighted by Crippen LogP contribution is -2.13. The molecule has 1 heterocycles. The van der Waals surface area contributed by atoms with Crippen LogP contribution in [-0.4, -0.2) is 16.6 Å². The van der Waals surface area contributed by atoms with Crippen molar-refractivity contribution in [3.05, 3.63) is 54.3 Å². The van der Waals surface area contributed by atoms with Crippen LogP contribution in [0.4, 0.5) is 9.52 Å². The van der Waals surface area contributed by atoms with Gasteiger partial charge in [0.15, 0.2) is 5.13 Å². The van der Waals surface area contributed by atoms with E-state index < -0.39 is 0 Å². The Morgan fingerprint density at radius 2 is 2.05 bits per heavy atom. The molecule has 0 aliphatic heterocycles. The van der Waals surface area contributed by atoms with Crippen molar-refractivity contribution >= 4 is 44.4 Å². The van der Waals surface area contributed by atoms with E-state index in [-0.39, 0.29) is 11.7 Å². The molecule has 0 aliphatic rings. The molecule has 1 amide bonds. The van der Waals surface area contributed by atoms with Crippen molar-refractivity contribution in [2.45, 2.75) is 4.90 Å². The van der Waals surface area contributed by atoms with Gasteiger partial charge in [-0.1, -0.05) is 29.5 Å². The Labute approximate surface area is 129 Å². The minimum atomic E-state index is -0.302. The Morgan fingerprint density at radius 3 is 2.86 bits per heavy atom. The van der Waals surface area contributed by atoms with Crippen LogP contribution in [0.2, 0.25) is 0 Å². The summed E-state index contributed by atoms with van der Waals surface area (Å²) < 4.78 is 13.8. The molecular weight excluding hydrogens is 307 g/mol. The number of hydrogen-bond donors (Lipinski definition) is 1. The van der Waals surface area contributed by atoms with Gasteiger partial charge in [-0.05, 0) is 30.3 Å². The number of anilines is 1. The first-order valence-electron chi connectivity index (χ1n) is 6.24. The summed E-state index contributed by atoms with van der Waals surface area (Å²) >= 11 is 2.73. The van der Waals surface area contributed by atoms with E-state index in [2.05, 4.69) is 10.3 Å². The van der Waals surface area contributed by atoms with Crippen LogP contribution in [-0.2, 0) is 4.79 Å². The average Bonchev–Trinajstić information content (AvgIpc) is 2.87. The molecule has 0 aliphatic carbocycles. The number of aromatic nitrogens is 1. The molecule has 0 bridgehead atoms. The van der Waals surface area contributed by atoms with Gasteiger partial charge in [0.1, 0.15) is 5.82 Å². The van der Waals surface area contributed by atoms with E-state index in [1.807, 2.05) is 30.3 Å². The van der Waals surface area contributed by atoms with Crippen LogP contribution in [0.5, 0.6) is 0 Å². The van der Waals surface area contributed by atoms with Gasteiger partial charge in [-0.25, -0.2) is 9.37 Å². The number of fused-ring (bicyclic) bond motifs is 1. The van der Waals surface area contributed by atoms with E-state index in [0.29, 0.717) is 16.4 Å².